The van der Waals surface area contributed by atoms with Gasteiger partial charge < -0.3 is 15.2 Å². The molecule has 2 aromatic rings. The maximum Gasteiger partial charge on any atom is 0.340 e. The molecule has 0 unspecified atom stereocenters. The summed E-state index contributed by atoms with van der Waals surface area (Å²) in [5, 5.41) is 29.4. The van der Waals surface area contributed by atoms with Gasteiger partial charge in [0.15, 0.2) is 6.61 Å². The van der Waals surface area contributed by atoms with Crippen LogP contribution in [-0.2, 0) is 9.53 Å². The summed E-state index contributed by atoms with van der Waals surface area (Å²) in [5.74, 6) is -1.11. The number of carbonyl (C=O) groups is 2. The molecule has 148 valence electrons. The summed E-state index contributed by atoms with van der Waals surface area (Å²) >= 11 is 0. The normalized spacial score (nSPS) is 15.0. The number of nitrogens with zero attached hydrogens (tertiary/aromatic N) is 3. The summed E-state index contributed by atoms with van der Waals surface area (Å²) in [5.41, 5.74) is 0.0948. The number of ether oxygens (including phenoxy) is 1. The Morgan fingerprint density at radius 2 is 1.79 bits per heavy atom. The summed E-state index contributed by atoms with van der Waals surface area (Å²) in [7, 11) is 0. The predicted molar refractivity (Wildman–Crippen MR) is 104 cm³/mol. The maximum absolute atomic E-state index is 12.4. The van der Waals surface area contributed by atoms with Crippen molar-refractivity contribution in [1.82, 2.24) is 5.32 Å². The Hall–Kier alpha value is -3.73. The van der Waals surface area contributed by atoms with Gasteiger partial charge in [-0.25, -0.2) is 4.79 Å². The van der Waals surface area contributed by atoms with Gasteiger partial charge in [-0.15, -0.1) is 5.11 Å². The molecule has 0 aromatic heterocycles. The first kappa shape index (κ1) is 20.0. The average Bonchev–Trinajstić information content (AvgIpc) is 3.20. The Morgan fingerprint density at radius 3 is 2.48 bits per heavy atom. The molecule has 0 radical (unpaired) electrons. The van der Waals surface area contributed by atoms with E-state index in [1.807, 2.05) is 0 Å². The number of benzene rings is 2. The second kappa shape index (κ2) is 8.97. The summed E-state index contributed by atoms with van der Waals surface area (Å²) in [4.78, 5) is 24.5. The Morgan fingerprint density at radius 1 is 1.10 bits per heavy atom. The third-order valence-electron chi connectivity index (χ3n) is 4.63. The van der Waals surface area contributed by atoms with Crippen molar-refractivity contribution >= 4 is 23.3 Å². The van der Waals surface area contributed by atoms with Gasteiger partial charge in [0.1, 0.15) is 17.0 Å². The second-order valence-electron chi connectivity index (χ2n) is 6.76. The van der Waals surface area contributed by atoms with Crippen molar-refractivity contribution in [2.24, 2.45) is 10.2 Å². The number of nitriles is 1. The van der Waals surface area contributed by atoms with E-state index in [0.29, 0.717) is 18.5 Å². The lowest BCUT2D eigenvalue weighted by Gasteiger charge is -2.21. The van der Waals surface area contributed by atoms with E-state index in [1.165, 1.54) is 18.2 Å². The van der Waals surface area contributed by atoms with Crippen LogP contribution >= 0.6 is 0 Å². The van der Waals surface area contributed by atoms with E-state index in [1.54, 1.807) is 30.3 Å². The van der Waals surface area contributed by atoms with Crippen LogP contribution in [0.3, 0.4) is 0 Å². The van der Waals surface area contributed by atoms with Gasteiger partial charge in [-0.1, -0.05) is 12.1 Å². The van der Waals surface area contributed by atoms with Gasteiger partial charge in [0.25, 0.3) is 5.91 Å². The Bertz CT molecular complexity index is 957. The van der Waals surface area contributed by atoms with Gasteiger partial charge in [0, 0.05) is 0 Å². The highest BCUT2D eigenvalue weighted by molar-refractivity contribution is 5.96. The Kier molecular flexibility index (Phi) is 6.19. The van der Waals surface area contributed by atoms with E-state index in [9.17, 15) is 20.0 Å². The fraction of sp³-hybridized carbons (Fsp3) is 0.286. The second-order valence-corrected chi connectivity index (χ2v) is 6.76. The van der Waals surface area contributed by atoms with E-state index in [0.717, 1.165) is 12.8 Å². The summed E-state index contributed by atoms with van der Waals surface area (Å²) in [6.45, 7) is -0.480. The number of nitrogens with one attached hydrogen (secondary N) is 1. The van der Waals surface area contributed by atoms with Crippen LogP contribution in [0.4, 0.5) is 11.4 Å². The van der Waals surface area contributed by atoms with Gasteiger partial charge >= 0.3 is 5.97 Å². The monoisotopic (exact) mass is 392 g/mol. The molecule has 2 N–H and O–H groups in total. The van der Waals surface area contributed by atoms with Crippen LogP contribution in [0.15, 0.2) is 58.8 Å². The van der Waals surface area contributed by atoms with Gasteiger partial charge in [0.2, 0.25) is 0 Å². The third-order valence-corrected chi connectivity index (χ3v) is 4.63. The number of azo groups is 1. The number of rotatable bonds is 6. The van der Waals surface area contributed by atoms with Crippen LogP contribution in [0.25, 0.3) is 0 Å². The molecule has 0 saturated heterocycles. The molecular formula is C21H20N4O4. The molecule has 0 atom stereocenters. The molecule has 1 aliphatic rings. The number of hydrogen-bond donors (Lipinski definition) is 2. The standard InChI is InChI=1S/C21H20N4O4/c22-14-21(11-3-4-12-21)23-19(27)13-29-20(28)17-5-1-2-6-18(17)25-24-15-7-9-16(26)10-8-15/h1-2,5-10,26H,3-4,11-13H2,(H,23,27). The summed E-state index contributed by atoms with van der Waals surface area (Å²) < 4.78 is 5.10. The highest BCUT2D eigenvalue weighted by atomic mass is 16.5. The molecular weight excluding hydrogens is 372 g/mol. The lowest BCUT2D eigenvalue weighted by Crippen LogP contribution is -2.46. The van der Waals surface area contributed by atoms with Crippen LogP contribution in [0.5, 0.6) is 5.75 Å². The van der Waals surface area contributed by atoms with Crippen molar-refractivity contribution in [1.29, 1.82) is 5.26 Å². The molecule has 1 aliphatic carbocycles. The molecule has 1 amide bonds. The van der Waals surface area contributed by atoms with E-state index in [4.69, 9.17) is 4.74 Å². The summed E-state index contributed by atoms with van der Waals surface area (Å²) in [6.07, 6.45) is 2.97. The fourth-order valence-electron chi connectivity index (χ4n) is 3.12. The lowest BCUT2D eigenvalue weighted by atomic mass is 10.00. The Balaban J connectivity index is 1.63. The van der Waals surface area contributed by atoms with Crippen LogP contribution in [0, 0.1) is 11.3 Å². The minimum Gasteiger partial charge on any atom is -0.508 e. The van der Waals surface area contributed by atoms with Crippen LogP contribution in [-0.4, -0.2) is 29.1 Å². The molecule has 8 nitrogen and oxygen atoms in total. The predicted octanol–water partition coefficient (Wildman–Crippen LogP) is 3.92. The van der Waals surface area contributed by atoms with Crippen LogP contribution in [0.1, 0.15) is 36.0 Å². The number of esters is 1. The minimum absolute atomic E-state index is 0.113. The van der Waals surface area contributed by atoms with Crippen molar-refractivity contribution in [3.8, 4) is 11.8 Å². The van der Waals surface area contributed by atoms with Crippen LogP contribution < -0.4 is 5.32 Å². The number of amides is 1. The third kappa shape index (κ3) is 5.17. The van der Waals surface area contributed by atoms with Crippen molar-refractivity contribution in [2.45, 2.75) is 31.2 Å². The molecule has 0 aliphatic heterocycles. The smallest absolute Gasteiger partial charge is 0.340 e. The molecule has 1 saturated carbocycles. The van der Waals surface area contributed by atoms with Gasteiger partial charge in [-0.3, -0.25) is 4.79 Å². The molecule has 1 fully saturated rings. The van der Waals surface area contributed by atoms with E-state index >= 15 is 0 Å². The maximum atomic E-state index is 12.4. The fourth-order valence-corrected chi connectivity index (χ4v) is 3.12. The first-order chi connectivity index (χ1) is 14.0. The molecule has 2 aromatic carbocycles. The Labute approximate surface area is 167 Å². The number of hydrogen-bond acceptors (Lipinski definition) is 7. The van der Waals surface area contributed by atoms with Crippen molar-refractivity contribution in [2.75, 3.05) is 6.61 Å². The van der Waals surface area contributed by atoms with Gasteiger partial charge in [-0.2, -0.15) is 10.4 Å². The molecule has 8 heteroatoms. The SMILES string of the molecule is N#CC1(NC(=O)COC(=O)c2ccccc2N=Nc2ccc(O)cc2)CCCC1. The van der Waals surface area contributed by atoms with Crippen molar-refractivity contribution < 1.29 is 19.4 Å². The topological polar surface area (TPSA) is 124 Å². The van der Waals surface area contributed by atoms with Gasteiger partial charge in [-0.05, 0) is 62.1 Å². The highest BCUT2D eigenvalue weighted by Crippen LogP contribution is 2.29. The molecule has 0 bridgehead atoms. The first-order valence-electron chi connectivity index (χ1n) is 9.20. The zero-order valence-electron chi connectivity index (χ0n) is 15.7. The number of phenols is 1. The van der Waals surface area contributed by atoms with Gasteiger partial charge in [0.05, 0.1) is 17.3 Å². The number of aromatic hydroxyl groups is 1. The van der Waals surface area contributed by atoms with E-state index in [2.05, 4.69) is 21.6 Å². The van der Waals surface area contributed by atoms with Crippen molar-refractivity contribution in [3.63, 3.8) is 0 Å². The zero-order chi connectivity index (χ0) is 20.7. The quantitative estimate of drug-likeness (QED) is 0.569. The van der Waals surface area contributed by atoms with E-state index < -0.39 is 24.0 Å². The molecule has 29 heavy (non-hydrogen) atoms. The first-order valence-corrected chi connectivity index (χ1v) is 9.20. The molecule has 0 spiro atoms. The molecule has 3 rings (SSSR count). The average molecular weight is 392 g/mol. The largest absolute Gasteiger partial charge is 0.508 e. The number of phenolic OH excluding ortho intramolecular Hbond substituents is 1. The lowest BCUT2D eigenvalue weighted by molar-refractivity contribution is -0.125. The van der Waals surface area contributed by atoms with E-state index in [-0.39, 0.29) is 17.0 Å². The summed E-state index contributed by atoms with van der Waals surface area (Å²) in [6, 6.07) is 14.8. The molecule has 0 heterocycles. The number of carbonyl (C=O) groups excluding carboxylic acids is 2. The minimum atomic E-state index is -0.861. The van der Waals surface area contributed by atoms with Crippen LogP contribution in [0.2, 0.25) is 0 Å². The zero-order valence-corrected chi connectivity index (χ0v) is 15.7. The highest BCUT2D eigenvalue weighted by Gasteiger charge is 2.35. The van der Waals surface area contributed by atoms with Crippen molar-refractivity contribution in [3.05, 3.63) is 54.1 Å².